The van der Waals surface area contributed by atoms with E-state index >= 15 is 0 Å². The second-order valence-corrected chi connectivity index (χ2v) is 7.67. The normalized spacial score (nSPS) is 11.6. The minimum atomic E-state index is -4.65. The Bertz CT molecular complexity index is 1330. The van der Waals surface area contributed by atoms with Crippen molar-refractivity contribution < 1.29 is 18.0 Å². The molecule has 0 aliphatic carbocycles. The fourth-order valence-corrected chi connectivity index (χ4v) is 3.65. The maximum atomic E-state index is 12.9. The van der Waals surface area contributed by atoms with Crippen LogP contribution in [0.3, 0.4) is 0 Å². The molecule has 0 fully saturated rings. The number of hydrogen-bond donors (Lipinski definition) is 2. The van der Waals surface area contributed by atoms with Crippen LogP contribution in [-0.2, 0) is 13.2 Å². The number of alkyl halides is 3. The Hall–Kier alpha value is -3.57. The van der Waals surface area contributed by atoms with Crippen LogP contribution in [0.5, 0.6) is 0 Å². The molecule has 13 heteroatoms. The lowest BCUT2D eigenvalue weighted by Gasteiger charge is -2.07. The van der Waals surface area contributed by atoms with Gasteiger partial charge in [0, 0.05) is 18.3 Å². The van der Waals surface area contributed by atoms with Gasteiger partial charge in [0.25, 0.3) is 11.7 Å². The van der Waals surface area contributed by atoms with Crippen molar-refractivity contribution in [2.24, 2.45) is 12.8 Å². The number of anilines is 2. The number of aromatic nitrogens is 5. The largest absolute Gasteiger partial charge is 0.453 e. The number of nitrogens with one attached hydrogen (secondary N) is 1. The first-order chi connectivity index (χ1) is 15.5. The van der Waals surface area contributed by atoms with Gasteiger partial charge in [-0.15, -0.1) is 5.10 Å². The Morgan fingerprint density at radius 3 is 2.24 bits per heavy atom. The van der Waals surface area contributed by atoms with Crippen LogP contribution in [0.4, 0.5) is 24.5 Å². The van der Waals surface area contributed by atoms with E-state index in [1.54, 1.807) is 42.5 Å². The number of aryl methyl sites for hydroxylation is 1. The molecule has 170 valence electrons. The Morgan fingerprint density at radius 2 is 1.70 bits per heavy atom. The molecule has 33 heavy (non-hydrogen) atoms. The van der Waals surface area contributed by atoms with Crippen molar-refractivity contribution in [3.8, 4) is 17.1 Å². The van der Waals surface area contributed by atoms with Crippen LogP contribution in [0.25, 0.3) is 17.1 Å². The Labute approximate surface area is 194 Å². The average Bonchev–Trinajstić information content (AvgIpc) is 3.32. The van der Waals surface area contributed by atoms with Crippen molar-refractivity contribution >= 4 is 40.5 Å². The van der Waals surface area contributed by atoms with E-state index < -0.39 is 17.9 Å². The lowest BCUT2D eigenvalue weighted by atomic mass is 10.2. The highest BCUT2D eigenvalue weighted by molar-refractivity contribution is 6.37. The third kappa shape index (κ3) is 4.50. The smallest absolute Gasteiger partial charge is 0.364 e. The van der Waals surface area contributed by atoms with Gasteiger partial charge < -0.3 is 11.1 Å². The van der Waals surface area contributed by atoms with Gasteiger partial charge in [0.05, 0.1) is 21.9 Å². The summed E-state index contributed by atoms with van der Waals surface area (Å²) < 4.78 is 41.0. The van der Waals surface area contributed by atoms with Crippen LogP contribution in [0.15, 0.2) is 48.7 Å². The van der Waals surface area contributed by atoms with Crippen molar-refractivity contribution in [3.63, 3.8) is 0 Å². The first-order valence-corrected chi connectivity index (χ1v) is 9.99. The van der Waals surface area contributed by atoms with Gasteiger partial charge in [0.15, 0.2) is 11.5 Å². The number of primary amides is 1. The predicted molar refractivity (Wildman–Crippen MR) is 117 cm³/mol. The summed E-state index contributed by atoms with van der Waals surface area (Å²) in [7, 11) is 1.37. The topological polar surface area (TPSA) is 104 Å². The zero-order valence-electron chi connectivity index (χ0n) is 16.7. The molecule has 3 N–H and O–H groups in total. The van der Waals surface area contributed by atoms with Gasteiger partial charge in [-0.25, -0.2) is 14.3 Å². The quantitative estimate of drug-likeness (QED) is 0.412. The molecule has 0 saturated heterocycles. The van der Waals surface area contributed by atoms with Crippen LogP contribution in [-0.4, -0.2) is 30.5 Å². The summed E-state index contributed by atoms with van der Waals surface area (Å²) in [5.41, 5.74) is 6.99. The second kappa shape index (κ2) is 8.41. The van der Waals surface area contributed by atoms with Crippen molar-refractivity contribution in [3.05, 3.63) is 70.2 Å². The molecule has 0 atom stereocenters. The summed E-state index contributed by atoms with van der Waals surface area (Å²) in [5, 5.41) is 11.2. The molecular formula is C20H14Cl2F3N7O. The molecule has 0 spiro atoms. The summed E-state index contributed by atoms with van der Waals surface area (Å²) in [4.78, 5) is 15.5. The Kier molecular flexibility index (Phi) is 5.76. The van der Waals surface area contributed by atoms with Gasteiger partial charge in [0.2, 0.25) is 0 Å². The third-order valence-electron chi connectivity index (χ3n) is 4.55. The highest BCUT2D eigenvalue weighted by atomic mass is 35.5. The highest BCUT2D eigenvalue weighted by Gasteiger charge is 2.36. The minimum Gasteiger partial charge on any atom is -0.364 e. The zero-order chi connectivity index (χ0) is 23.9. The third-order valence-corrected chi connectivity index (χ3v) is 5.16. The molecule has 2 aromatic carbocycles. The monoisotopic (exact) mass is 495 g/mol. The molecule has 0 unspecified atom stereocenters. The number of carbonyl (C=O) groups excluding carboxylic acids is 1. The molecular weight excluding hydrogens is 482 g/mol. The first kappa shape index (κ1) is 22.6. The molecule has 0 aliphatic rings. The van der Waals surface area contributed by atoms with E-state index in [4.69, 9.17) is 28.9 Å². The maximum absolute atomic E-state index is 12.9. The predicted octanol–water partition coefficient (Wildman–Crippen LogP) is 4.84. The molecule has 4 rings (SSSR count). The van der Waals surface area contributed by atoms with Crippen molar-refractivity contribution in [2.75, 3.05) is 5.32 Å². The van der Waals surface area contributed by atoms with E-state index in [1.165, 1.54) is 17.9 Å². The molecule has 1 amide bonds. The number of amides is 1. The molecule has 0 saturated carbocycles. The second-order valence-electron chi connectivity index (χ2n) is 6.85. The van der Waals surface area contributed by atoms with Crippen molar-refractivity contribution in [1.82, 2.24) is 24.5 Å². The molecule has 2 aromatic heterocycles. The van der Waals surface area contributed by atoms with E-state index in [0.29, 0.717) is 27.0 Å². The van der Waals surface area contributed by atoms with E-state index in [1.807, 2.05) is 0 Å². The molecule has 0 radical (unpaired) electrons. The van der Waals surface area contributed by atoms with Gasteiger partial charge in [-0.3, -0.25) is 4.79 Å². The van der Waals surface area contributed by atoms with Crippen LogP contribution >= 0.6 is 23.2 Å². The van der Waals surface area contributed by atoms with Gasteiger partial charge in [-0.05, 0) is 36.4 Å². The maximum Gasteiger partial charge on any atom is 0.453 e. The number of hydrogen-bond acceptors (Lipinski definition) is 5. The van der Waals surface area contributed by atoms with E-state index in [9.17, 15) is 18.0 Å². The summed E-state index contributed by atoms with van der Waals surface area (Å²) in [6.45, 7) is 0. The Balaban J connectivity index is 1.64. The number of carbonyl (C=O) groups is 1. The SMILES string of the molecule is Cn1nc(C(F)(F)F)nc1-c1ccc(Nc2cn(-c3c(Cl)cccc3Cl)nc2C(N)=O)cc1. The molecule has 0 aliphatic heterocycles. The molecule has 4 aromatic rings. The zero-order valence-corrected chi connectivity index (χ0v) is 18.2. The number of nitrogens with zero attached hydrogens (tertiary/aromatic N) is 5. The molecule has 2 heterocycles. The number of para-hydroxylation sites is 1. The van der Waals surface area contributed by atoms with Crippen LogP contribution in [0, 0.1) is 0 Å². The standard InChI is InChI=1S/C20H14Cl2F3N7O/c1-31-18(28-19(30-31)20(23,24)25)10-5-7-11(8-6-10)27-14-9-32(29-15(14)17(26)33)16-12(21)3-2-4-13(16)22/h2-9,27H,1H3,(H2,26,33). The number of halogens is 5. The van der Waals surface area contributed by atoms with Crippen LogP contribution in [0.2, 0.25) is 10.0 Å². The van der Waals surface area contributed by atoms with Crippen LogP contribution in [0.1, 0.15) is 16.3 Å². The summed E-state index contributed by atoms with van der Waals surface area (Å²) in [6.07, 6.45) is -3.15. The fraction of sp³-hybridized carbons (Fsp3) is 0.100. The molecule has 0 bridgehead atoms. The van der Waals surface area contributed by atoms with Gasteiger partial charge >= 0.3 is 6.18 Å². The van der Waals surface area contributed by atoms with E-state index in [2.05, 4.69) is 20.5 Å². The average molecular weight is 496 g/mol. The van der Waals surface area contributed by atoms with Crippen LogP contribution < -0.4 is 11.1 Å². The summed E-state index contributed by atoms with van der Waals surface area (Å²) >= 11 is 12.4. The minimum absolute atomic E-state index is 0.0490. The lowest BCUT2D eigenvalue weighted by molar-refractivity contribution is -0.144. The van der Waals surface area contributed by atoms with Gasteiger partial charge in [-0.2, -0.15) is 18.3 Å². The molecule has 8 nitrogen and oxygen atoms in total. The number of rotatable bonds is 5. The first-order valence-electron chi connectivity index (χ1n) is 9.24. The van der Waals surface area contributed by atoms with Gasteiger partial charge in [0.1, 0.15) is 5.69 Å². The number of nitrogens with two attached hydrogens (primary N) is 1. The Morgan fingerprint density at radius 1 is 1.06 bits per heavy atom. The van der Waals surface area contributed by atoms with Gasteiger partial charge in [-0.1, -0.05) is 29.3 Å². The van der Waals surface area contributed by atoms with Crippen molar-refractivity contribution in [2.45, 2.75) is 6.18 Å². The fourth-order valence-electron chi connectivity index (χ4n) is 3.08. The number of benzene rings is 2. The van der Waals surface area contributed by atoms with E-state index in [0.717, 1.165) is 4.68 Å². The summed E-state index contributed by atoms with van der Waals surface area (Å²) in [6, 6.07) is 11.2. The summed E-state index contributed by atoms with van der Waals surface area (Å²) in [5.74, 6) is -1.96. The van der Waals surface area contributed by atoms with E-state index in [-0.39, 0.29) is 17.2 Å². The lowest BCUT2D eigenvalue weighted by Crippen LogP contribution is -2.14. The van der Waals surface area contributed by atoms with Crippen molar-refractivity contribution in [1.29, 1.82) is 0 Å². The highest BCUT2D eigenvalue weighted by Crippen LogP contribution is 2.32.